The van der Waals surface area contributed by atoms with Crippen LogP contribution in [0.15, 0.2) is 46.4 Å². The number of aryl methyl sites for hydroxylation is 1. The molecule has 12 heteroatoms. The van der Waals surface area contributed by atoms with Crippen LogP contribution in [0.4, 0.5) is 5.69 Å². The van der Waals surface area contributed by atoms with Gasteiger partial charge in [-0.3, -0.25) is 18.6 Å². The average molecular weight is 492 g/mol. The molecule has 0 aliphatic rings. The van der Waals surface area contributed by atoms with E-state index in [1.54, 1.807) is 39.8 Å². The number of aromatic amines is 1. The lowest BCUT2D eigenvalue weighted by Crippen LogP contribution is -2.38. The van der Waals surface area contributed by atoms with Crippen LogP contribution in [0.2, 0.25) is 0 Å². The number of aromatic nitrogens is 7. The van der Waals surface area contributed by atoms with Gasteiger partial charge in [0.05, 0.1) is 11.5 Å². The number of nitrogens with one attached hydrogen (secondary N) is 1. The van der Waals surface area contributed by atoms with Crippen molar-refractivity contribution in [3.63, 3.8) is 0 Å². The van der Waals surface area contributed by atoms with Crippen molar-refractivity contribution in [2.75, 3.05) is 7.11 Å². The second kappa shape index (κ2) is 8.63. The van der Waals surface area contributed by atoms with Crippen LogP contribution in [0.25, 0.3) is 33.5 Å². The molecule has 0 spiro atoms. The van der Waals surface area contributed by atoms with Crippen LogP contribution in [-0.4, -0.2) is 45.5 Å². The van der Waals surface area contributed by atoms with Crippen molar-refractivity contribution in [2.45, 2.75) is 26.9 Å². The summed E-state index contributed by atoms with van der Waals surface area (Å²) >= 11 is 0. The highest BCUT2D eigenvalue weighted by atomic mass is 16.8. The van der Waals surface area contributed by atoms with E-state index in [1.165, 1.54) is 14.2 Å². The number of benzene rings is 1. The Morgan fingerprint density at radius 1 is 1.19 bits per heavy atom. The predicted molar refractivity (Wildman–Crippen MR) is 134 cm³/mol. The first-order valence-electron chi connectivity index (χ1n) is 11.5. The molecule has 0 saturated carbocycles. The maximum absolute atomic E-state index is 13.4. The van der Waals surface area contributed by atoms with Crippen LogP contribution in [0.3, 0.4) is 0 Å². The Kier molecular flexibility index (Phi) is 5.58. The van der Waals surface area contributed by atoms with E-state index in [-0.39, 0.29) is 12.5 Å². The molecule has 0 unspecified atom stereocenters. The topological polar surface area (TPSA) is 125 Å². The molecule has 4 heterocycles. The number of hydrogen-bond donors (Lipinski definition) is 1. The van der Waals surface area contributed by atoms with Crippen molar-refractivity contribution in [2.24, 2.45) is 20.0 Å². The zero-order valence-corrected chi connectivity index (χ0v) is 20.7. The van der Waals surface area contributed by atoms with Crippen LogP contribution >= 0.6 is 0 Å². The molecule has 0 atom stereocenters. The summed E-state index contributed by atoms with van der Waals surface area (Å²) in [5.41, 5.74) is 2.02. The maximum atomic E-state index is 13.4. The molecule has 0 fully saturated rings. The zero-order chi connectivity index (χ0) is 25.7. The molecule has 0 radical (unpaired) electrons. The molecule has 36 heavy (non-hydrogen) atoms. The highest BCUT2D eigenvalue weighted by Crippen LogP contribution is 2.29. The van der Waals surface area contributed by atoms with Crippen LogP contribution in [0.5, 0.6) is 0 Å². The third-order valence-corrected chi connectivity index (χ3v) is 6.25. The van der Waals surface area contributed by atoms with Crippen molar-refractivity contribution in [1.82, 2.24) is 33.4 Å². The fraction of sp³-hybridized carbons (Fsp3) is 0.333. The van der Waals surface area contributed by atoms with Gasteiger partial charge in [-0.25, -0.2) is 14.6 Å². The Morgan fingerprint density at radius 3 is 2.64 bits per heavy atom. The summed E-state index contributed by atoms with van der Waals surface area (Å²) in [7, 11) is 4.62. The summed E-state index contributed by atoms with van der Waals surface area (Å²) in [5.74, 6) is 0.711. The van der Waals surface area contributed by atoms with E-state index in [0.717, 1.165) is 21.0 Å². The van der Waals surface area contributed by atoms with E-state index in [1.807, 2.05) is 31.7 Å². The Hall–Kier alpha value is -4.48. The highest BCUT2D eigenvalue weighted by molar-refractivity contribution is 5.90. The number of fused-ring (bicyclic) bond motifs is 2. The Balaban J connectivity index is 1.79. The molecule has 0 aliphatic heterocycles. The fourth-order valence-corrected chi connectivity index (χ4v) is 4.50. The molecule has 0 amide bonds. The number of imidazole rings is 1. The first kappa shape index (κ1) is 23.3. The first-order valence-corrected chi connectivity index (χ1v) is 11.5. The minimum absolute atomic E-state index is 0.160. The van der Waals surface area contributed by atoms with E-state index in [2.05, 4.69) is 9.97 Å². The lowest BCUT2D eigenvalue weighted by Gasteiger charge is -2.11. The van der Waals surface area contributed by atoms with Crippen molar-refractivity contribution in [3.8, 4) is 11.5 Å². The smallest absolute Gasteiger partial charge is 0.332 e. The van der Waals surface area contributed by atoms with Gasteiger partial charge in [-0.2, -0.15) is 5.10 Å². The van der Waals surface area contributed by atoms with Gasteiger partial charge in [0.1, 0.15) is 11.1 Å². The van der Waals surface area contributed by atoms with Gasteiger partial charge >= 0.3 is 11.4 Å². The lowest BCUT2D eigenvalue weighted by atomic mass is 10.1. The third kappa shape index (κ3) is 3.61. The Morgan fingerprint density at radius 2 is 1.97 bits per heavy atom. The van der Waals surface area contributed by atoms with Crippen molar-refractivity contribution >= 4 is 27.6 Å². The summed E-state index contributed by atoms with van der Waals surface area (Å²) < 4.78 is 6.18. The minimum Gasteiger partial charge on any atom is -0.361 e. The van der Waals surface area contributed by atoms with Crippen LogP contribution in [0.1, 0.15) is 19.4 Å². The second-order valence-corrected chi connectivity index (χ2v) is 9.20. The van der Waals surface area contributed by atoms with Gasteiger partial charge in [-0.1, -0.05) is 13.8 Å². The van der Waals surface area contributed by atoms with Gasteiger partial charge in [0.2, 0.25) is 0 Å². The molecular formula is C24H27N8O4+. The van der Waals surface area contributed by atoms with Crippen molar-refractivity contribution in [3.05, 3.63) is 68.1 Å². The zero-order valence-electron chi connectivity index (χ0n) is 20.7. The number of nitrogens with zero attached hydrogens (tertiary/aromatic N) is 7. The Bertz CT molecular complexity index is 1750. The molecular weight excluding hydrogens is 464 g/mol. The third-order valence-electron chi connectivity index (χ3n) is 6.25. The molecule has 5 rings (SSSR count). The second-order valence-electron chi connectivity index (χ2n) is 9.20. The molecule has 1 N–H and O–H groups in total. The molecule has 0 saturated heterocycles. The van der Waals surface area contributed by atoms with Crippen LogP contribution < -0.4 is 11.2 Å². The van der Waals surface area contributed by atoms with E-state index in [9.17, 15) is 14.5 Å². The summed E-state index contributed by atoms with van der Waals surface area (Å²) in [6.45, 7) is 4.68. The minimum atomic E-state index is -0.428. The first-order chi connectivity index (χ1) is 17.2. The molecule has 0 bridgehead atoms. The summed E-state index contributed by atoms with van der Waals surface area (Å²) in [6.07, 6.45) is 5.28. The van der Waals surface area contributed by atoms with Crippen LogP contribution in [-0.2, 0) is 32.0 Å². The highest BCUT2D eigenvalue weighted by Gasteiger charge is 2.25. The molecule has 1 aromatic carbocycles. The van der Waals surface area contributed by atoms with Gasteiger partial charge in [0.25, 0.3) is 10.5 Å². The predicted octanol–water partition coefficient (Wildman–Crippen LogP) is 2.45. The maximum Gasteiger partial charge on any atom is 0.332 e. The van der Waals surface area contributed by atoms with E-state index >= 15 is 0 Å². The van der Waals surface area contributed by atoms with E-state index in [4.69, 9.17) is 9.94 Å². The summed E-state index contributed by atoms with van der Waals surface area (Å²) in [6, 6.07) is 5.19. The normalized spacial score (nSPS) is 11.7. The van der Waals surface area contributed by atoms with E-state index < -0.39 is 11.2 Å². The summed E-state index contributed by atoms with van der Waals surface area (Å²) in [5, 5.41) is 5.92. The van der Waals surface area contributed by atoms with Gasteiger partial charge < -0.3 is 9.55 Å². The van der Waals surface area contributed by atoms with Gasteiger partial charge in [-0.05, 0) is 17.5 Å². The quantitative estimate of drug-likeness (QED) is 0.349. The van der Waals surface area contributed by atoms with Gasteiger partial charge in [-0.15, -0.1) is 0 Å². The standard InChI is InChI=1S/C24H27N8O4/c1-14(2)12-30-21-19(23(33)29(4)24(30)34)20(22-25-8-9-28(22)3)31(27-21)13-15-11-26-18-7-6-16(10-17(15)18)32(35)36-5/h6-11,14,26H,12-13H2,1-5H3/q+1. The molecule has 4 aromatic heterocycles. The number of H-pyrrole nitrogens is 1. The fourth-order valence-electron chi connectivity index (χ4n) is 4.50. The average Bonchev–Trinajstić information content (AvgIpc) is 3.56. The largest absolute Gasteiger partial charge is 0.361 e. The molecule has 0 aliphatic carbocycles. The SMILES string of the molecule is CO[N+](=O)c1ccc2[nH]cc(Cn3nc4c(c3-c3nccn3C)c(=O)n(C)c(=O)n4CC(C)C)c2c1. The lowest BCUT2D eigenvalue weighted by molar-refractivity contribution is -0.736. The summed E-state index contributed by atoms with van der Waals surface area (Å²) in [4.78, 5) is 51.4. The van der Waals surface area contributed by atoms with Crippen molar-refractivity contribution < 1.29 is 9.76 Å². The monoisotopic (exact) mass is 491 g/mol. The molecule has 5 aromatic rings. The van der Waals surface area contributed by atoms with Gasteiger partial charge in [0, 0.05) is 62.3 Å². The molecule has 12 nitrogen and oxygen atoms in total. The Labute approximate surface area is 204 Å². The van der Waals surface area contributed by atoms with Crippen molar-refractivity contribution in [1.29, 1.82) is 0 Å². The molecule has 186 valence electrons. The number of rotatable bonds is 7. The van der Waals surface area contributed by atoms with E-state index in [0.29, 0.717) is 39.7 Å². The van der Waals surface area contributed by atoms with Gasteiger partial charge in [0.15, 0.2) is 18.6 Å². The number of hydrogen-bond acceptors (Lipinski definition) is 6. The van der Waals surface area contributed by atoms with Crippen LogP contribution in [0, 0.1) is 10.8 Å².